The molecule has 4 heterocycles. The Bertz CT molecular complexity index is 991. The van der Waals surface area contributed by atoms with E-state index in [1.165, 1.54) is 27.1 Å². The minimum absolute atomic E-state index is 0.196. The Labute approximate surface area is 163 Å². The molecule has 0 saturated carbocycles. The fourth-order valence-electron chi connectivity index (χ4n) is 4.47. The Morgan fingerprint density at radius 2 is 2.07 bits per heavy atom. The molecule has 140 valence electrons. The first kappa shape index (κ1) is 17.1. The molecule has 6 heteroatoms. The summed E-state index contributed by atoms with van der Waals surface area (Å²) in [7, 11) is 0. The Morgan fingerprint density at radius 3 is 2.89 bits per heavy atom. The van der Waals surface area contributed by atoms with E-state index in [0.717, 1.165) is 50.3 Å². The van der Waals surface area contributed by atoms with Gasteiger partial charge in [0.1, 0.15) is 11.4 Å². The lowest BCUT2D eigenvalue weighted by molar-refractivity contribution is -0.0796. The summed E-state index contributed by atoms with van der Waals surface area (Å²) in [4.78, 5) is 8.64. The van der Waals surface area contributed by atoms with Crippen molar-refractivity contribution in [2.75, 3.05) is 30.9 Å². The molecule has 2 aliphatic heterocycles. The molecule has 0 atom stereocenters. The van der Waals surface area contributed by atoms with E-state index in [1.54, 1.807) is 11.8 Å². The Kier molecular flexibility index (Phi) is 4.13. The number of aromatic nitrogens is 3. The van der Waals surface area contributed by atoms with Gasteiger partial charge in [0, 0.05) is 23.4 Å². The standard InChI is InChI=1S/C21H24N4OS/c1-14-11-19(23-18-12-16(27-2)3-4-17(14)18)25-8-6-21(7-9-25)20-15(5-10-26-21)13-22-24-20/h3-4,11-13H,5-10H2,1-2H3,(H,22,24). The minimum Gasteiger partial charge on any atom is -0.368 e. The van der Waals surface area contributed by atoms with E-state index in [4.69, 9.17) is 9.72 Å². The molecule has 0 aliphatic carbocycles. The van der Waals surface area contributed by atoms with Crippen LogP contribution in [-0.2, 0) is 16.8 Å². The van der Waals surface area contributed by atoms with Gasteiger partial charge in [0.2, 0.25) is 0 Å². The van der Waals surface area contributed by atoms with Gasteiger partial charge in [-0.15, -0.1) is 11.8 Å². The molecule has 1 fully saturated rings. The van der Waals surface area contributed by atoms with Crippen molar-refractivity contribution in [1.29, 1.82) is 0 Å². The lowest BCUT2D eigenvalue weighted by Gasteiger charge is -2.43. The van der Waals surface area contributed by atoms with Crippen molar-refractivity contribution < 1.29 is 4.74 Å². The van der Waals surface area contributed by atoms with Crippen LogP contribution in [0.3, 0.4) is 0 Å². The number of hydrogen-bond acceptors (Lipinski definition) is 5. The highest BCUT2D eigenvalue weighted by atomic mass is 32.2. The lowest BCUT2D eigenvalue weighted by Crippen LogP contribution is -2.47. The summed E-state index contributed by atoms with van der Waals surface area (Å²) in [5.41, 5.74) is 4.69. The summed E-state index contributed by atoms with van der Waals surface area (Å²) in [5.74, 6) is 1.08. The van der Waals surface area contributed by atoms with Gasteiger partial charge in [-0.05, 0) is 61.8 Å². The molecule has 0 bridgehead atoms. The van der Waals surface area contributed by atoms with Crippen LogP contribution in [0.1, 0.15) is 29.7 Å². The molecule has 0 amide bonds. The predicted molar refractivity (Wildman–Crippen MR) is 110 cm³/mol. The first-order valence-electron chi connectivity index (χ1n) is 9.55. The van der Waals surface area contributed by atoms with Crippen molar-refractivity contribution in [2.45, 2.75) is 36.7 Å². The van der Waals surface area contributed by atoms with Crippen molar-refractivity contribution in [3.05, 3.63) is 47.3 Å². The maximum Gasteiger partial charge on any atom is 0.129 e. The van der Waals surface area contributed by atoms with Crippen LogP contribution in [0, 0.1) is 6.92 Å². The normalized spacial score (nSPS) is 18.8. The number of pyridine rings is 1. The smallest absolute Gasteiger partial charge is 0.129 e. The van der Waals surface area contributed by atoms with E-state index < -0.39 is 0 Å². The highest BCUT2D eigenvalue weighted by molar-refractivity contribution is 7.98. The van der Waals surface area contributed by atoms with Gasteiger partial charge in [0.15, 0.2) is 0 Å². The first-order chi connectivity index (χ1) is 13.2. The molecule has 3 aromatic rings. The van der Waals surface area contributed by atoms with Crippen LogP contribution < -0.4 is 4.90 Å². The van der Waals surface area contributed by atoms with Crippen LogP contribution >= 0.6 is 11.8 Å². The minimum atomic E-state index is -0.196. The summed E-state index contributed by atoms with van der Waals surface area (Å²) in [6.07, 6.45) is 6.96. The number of H-pyrrole nitrogens is 1. The summed E-state index contributed by atoms with van der Waals surface area (Å²) in [6, 6.07) is 8.79. The Morgan fingerprint density at radius 1 is 1.22 bits per heavy atom. The number of nitrogens with zero attached hydrogens (tertiary/aromatic N) is 3. The van der Waals surface area contributed by atoms with Gasteiger partial charge in [-0.2, -0.15) is 5.10 Å². The second-order valence-corrected chi connectivity index (χ2v) is 8.41. The zero-order chi connectivity index (χ0) is 18.4. The zero-order valence-electron chi connectivity index (χ0n) is 15.8. The topological polar surface area (TPSA) is 54.0 Å². The van der Waals surface area contributed by atoms with Gasteiger partial charge < -0.3 is 9.64 Å². The zero-order valence-corrected chi connectivity index (χ0v) is 16.6. The molecule has 5 rings (SSSR count). The molecule has 1 N–H and O–H groups in total. The monoisotopic (exact) mass is 380 g/mol. The summed E-state index contributed by atoms with van der Waals surface area (Å²) in [6.45, 7) is 4.85. The summed E-state index contributed by atoms with van der Waals surface area (Å²) in [5, 5.41) is 8.71. The van der Waals surface area contributed by atoms with Gasteiger partial charge in [-0.1, -0.05) is 6.07 Å². The first-order valence-corrected chi connectivity index (χ1v) is 10.8. The Hall–Kier alpha value is -2.05. The number of anilines is 1. The van der Waals surface area contributed by atoms with Crippen LogP contribution in [0.2, 0.25) is 0 Å². The quantitative estimate of drug-likeness (QED) is 0.680. The highest BCUT2D eigenvalue weighted by Gasteiger charge is 2.42. The fraction of sp³-hybridized carbons (Fsp3) is 0.429. The summed E-state index contributed by atoms with van der Waals surface area (Å²) >= 11 is 1.76. The average Bonchev–Trinajstić information content (AvgIpc) is 3.18. The largest absolute Gasteiger partial charge is 0.368 e. The molecular formula is C21H24N4OS. The van der Waals surface area contributed by atoms with Crippen LogP contribution in [0.4, 0.5) is 5.82 Å². The predicted octanol–water partition coefficient (Wildman–Crippen LogP) is 4.06. The van der Waals surface area contributed by atoms with Gasteiger partial charge in [0.05, 0.1) is 24.0 Å². The number of benzene rings is 1. The van der Waals surface area contributed by atoms with Crippen molar-refractivity contribution >= 4 is 28.5 Å². The molecule has 0 unspecified atom stereocenters. The van der Waals surface area contributed by atoms with Gasteiger partial charge in [-0.25, -0.2) is 4.98 Å². The number of piperidine rings is 1. The highest BCUT2D eigenvalue weighted by Crippen LogP contribution is 2.41. The maximum absolute atomic E-state index is 6.28. The molecular weight excluding hydrogens is 356 g/mol. The van der Waals surface area contributed by atoms with Crippen LogP contribution in [0.15, 0.2) is 35.4 Å². The number of nitrogens with one attached hydrogen (secondary N) is 1. The summed E-state index contributed by atoms with van der Waals surface area (Å²) < 4.78 is 6.28. The average molecular weight is 381 g/mol. The second kappa shape index (κ2) is 6.53. The maximum atomic E-state index is 6.28. The van der Waals surface area contributed by atoms with E-state index >= 15 is 0 Å². The number of aromatic amines is 1. The van der Waals surface area contributed by atoms with Crippen molar-refractivity contribution in [2.24, 2.45) is 0 Å². The lowest BCUT2D eigenvalue weighted by atomic mass is 9.84. The number of thioether (sulfide) groups is 1. The number of aryl methyl sites for hydroxylation is 1. The van der Waals surface area contributed by atoms with Crippen molar-refractivity contribution in [1.82, 2.24) is 15.2 Å². The van der Waals surface area contributed by atoms with Crippen molar-refractivity contribution in [3.8, 4) is 0 Å². The molecule has 1 aromatic carbocycles. The molecule has 5 nitrogen and oxygen atoms in total. The van der Waals surface area contributed by atoms with Crippen LogP contribution in [0.25, 0.3) is 10.9 Å². The molecule has 2 aromatic heterocycles. The van der Waals surface area contributed by atoms with Gasteiger partial charge in [-0.3, -0.25) is 5.10 Å². The third-order valence-corrected chi connectivity index (χ3v) is 6.75. The second-order valence-electron chi connectivity index (χ2n) is 7.53. The number of ether oxygens (including phenoxy) is 1. The fourth-order valence-corrected chi connectivity index (χ4v) is 4.90. The number of hydrogen-bond donors (Lipinski definition) is 1. The van der Waals surface area contributed by atoms with Crippen molar-refractivity contribution in [3.63, 3.8) is 0 Å². The molecule has 27 heavy (non-hydrogen) atoms. The molecule has 0 radical (unpaired) electrons. The van der Waals surface area contributed by atoms with E-state index in [-0.39, 0.29) is 5.60 Å². The Balaban J connectivity index is 1.43. The third kappa shape index (κ3) is 2.82. The van der Waals surface area contributed by atoms with E-state index in [2.05, 4.69) is 52.5 Å². The number of fused-ring (bicyclic) bond motifs is 3. The van der Waals surface area contributed by atoms with E-state index in [1.807, 2.05) is 6.20 Å². The van der Waals surface area contributed by atoms with E-state index in [9.17, 15) is 0 Å². The number of rotatable bonds is 2. The third-order valence-electron chi connectivity index (χ3n) is 6.03. The van der Waals surface area contributed by atoms with Crippen LogP contribution in [-0.4, -0.2) is 41.1 Å². The molecule has 1 spiro atoms. The molecule has 2 aliphatic rings. The molecule has 1 saturated heterocycles. The van der Waals surface area contributed by atoms with Gasteiger partial charge >= 0.3 is 0 Å². The van der Waals surface area contributed by atoms with Gasteiger partial charge in [0.25, 0.3) is 0 Å². The SMILES string of the molecule is CSc1ccc2c(C)cc(N3CCC4(CC3)OCCc3cn[nH]c34)nc2c1. The van der Waals surface area contributed by atoms with Crippen LogP contribution in [0.5, 0.6) is 0 Å². The van der Waals surface area contributed by atoms with E-state index in [0.29, 0.717) is 0 Å².